The van der Waals surface area contributed by atoms with Crippen molar-refractivity contribution in [1.29, 1.82) is 0 Å². The number of hydrogen-bond donors (Lipinski definition) is 3. The molecule has 1 aliphatic heterocycles. The number of rotatable bonds is 8. The number of halogens is 1. The maximum absolute atomic E-state index is 15.2. The number of nitrogens with one attached hydrogen (secondary N) is 2. The monoisotopic (exact) mass is 544 g/mol. The van der Waals surface area contributed by atoms with Crippen molar-refractivity contribution in [2.24, 2.45) is 0 Å². The summed E-state index contributed by atoms with van der Waals surface area (Å²) in [6.45, 7) is 8.97. The third-order valence-electron chi connectivity index (χ3n) is 6.71. The van der Waals surface area contributed by atoms with E-state index >= 15 is 4.39 Å². The summed E-state index contributed by atoms with van der Waals surface area (Å²) in [4.78, 5) is 41.6. The molecule has 1 amide bonds. The van der Waals surface area contributed by atoms with E-state index in [1.165, 1.54) is 18.3 Å². The molecule has 1 fully saturated rings. The molecule has 0 radical (unpaired) electrons. The number of aliphatic hydroxyl groups excluding tert-OH is 1. The molecule has 11 nitrogen and oxygen atoms in total. The lowest BCUT2D eigenvalue weighted by Gasteiger charge is -2.35. The molecular formula is C28H29FN8O3. The average Bonchev–Trinajstić information content (AvgIpc) is 2.95. The maximum atomic E-state index is 15.2. The Balaban J connectivity index is 1.44. The van der Waals surface area contributed by atoms with E-state index in [0.717, 1.165) is 31.9 Å². The van der Waals surface area contributed by atoms with Crippen molar-refractivity contribution in [2.45, 2.75) is 6.92 Å². The Hall–Kier alpha value is -4.68. The summed E-state index contributed by atoms with van der Waals surface area (Å²) in [7, 11) is 0. The Morgan fingerprint density at radius 2 is 1.93 bits per heavy atom. The molecule has 4 aromatic rings. The van der Waals surface area contributed by atoms with Crippen molar-refractivity contribution < 1.29 is 14.3 Å². The Morgan fingerprint density at radius 1 is 1.12 bits per heavy atom. The molecular weight excluding hydrogens is 515 g/mol. The number of hydrogen-bond acceptors (Lipinski definition) is 9. The molecule has 206 valence electrons. The molecule has 3 heterocycles. The van der Waals surface area contributed by atoms with E-state index < -0.39 is 11.4 Å². The average molecular weight is 545 g/mol. The zero-order chi connectivity index (χ0) is 28.2. The Bertz CT molecular complexity index is 1630. The molecule has 5 rings (SSSR count). The summed E-state index contributed by atoms with van der Waals surface area (Å²) in [6, 6.07) is 11.9. The zero-order valence-electron chi connectivity index (χ0n) is 22.0. The Labute approximate surface area is 229 Å². The van der Waals surface area contributed by atoms with Crippen molar-refractivity contribution in [3.8, 4) is 5.69 Å². The van der Waals surface area contributed by atoms with Crippen molar-refractivity contribution in [3.63, 3.8) is 0 Å². The standard InChI is InChI=1S/C28H29FN8O3/c1-3-25(39)32-19-5-4-6-21(15-19)37-18(2)31-27(40)22-17-30-28(34-26(22)37)33-24-8-7-20(16-23(24)29)36-11-9-35(10-12-36)13-14-38/h3-8,15-17,38H,1,9-14H2,2H3,(H,32,39)(H,30,33,34). The highest BCUT2D eigenvalue weighted by Gasteiger charge is 2.19. The van der Waals surface area contributed by atoms with E-state index in [-0.39, 0.29) is 35.2 Å². The number of carbonyl (C=O) groups excluding carboxylic acids is 1. The molecule has 1 aliphatic rings. The number of carbonyl (C=O) groups is 1. The van der Waals surface area contributed by atoms with Gasteiger partial charge in [-0.05, 0) is 49.4 Å². The molecule has 0 saturated carbocycles. The fraction of sp³-hybridized carbons (Fsp3) is 0.250. The van der Waals surface area contributed by atoms with E-state index in [0.29, 0.717) is 23.7 Å². The second-order valence-electron chi connectivity index (χ2n) is 9.32. The smallest absolute Gasteiger partial charge is 0.284 e. The highest BCUT2D eigenvalue weighted by atomic mass is 19.1. The van der Waals surface area contributed by atoms with Gasteiger partial charge in [0.1, 0.15) is 17.0 Å². The maximum Gasteiger partial charge on any atom is 0.284 e. The van der Waals surface area contributed by atoms with E-state index in [9.17, 15) is 9.59 Å². The lowest BCUT2D eigenvalue weighted by Crippen LogP contribution is -2.47. The van der Waals surface area contributed by atoms with Gasteiger partial charge in [0, 0.05) is 50.3 Å². The molecule has 0 aliphatic carbocycles. The summed E-state index contributed by atoms with van der Waals surface area (Å²) in [6.07, 6.45) is 2.53. The Morgan fingerprint density at radius 3 is 2.65 bits per heavy atom. The first-order chi connectivity index (χ1) is 19.4. The number of benzene rings is 2. The van der Waals surface area contributed by atoms with Gasteiger partial charge in [-0.25, -0.2) is 9.37 Å². The summed E-state index contributed by atoms with van der Waals surface area (Å²) in [5, 5.41) is 15.0. The van der Waals surface area contributed by atoms with Gasteiger partial charge in [-0.3, -0.25) is 19.1 Å². The van der Waals surface area contributed by atoms with Crippen molar-refractivity contribution in [3.05, 3.63) is 83.3 Å². The van der Waals surface area contributed by atoms with Crippen LogP contribution in [0.2, 0.25) is 0 Å². The molecule has 12 heteroatoms. The van der Waals surface area contributed by atoms with E-state index in [2.05, 4.69) is 42.0 Å². The van der Waals surface area contributed by atoms with Crippen LogP contribution in [0.5, 0.6) is 0 Å². The molecule has 0 spiro atoms. The second kappa shape index (κ2) is 11.6. The van der Waals surface area contributed by atoms with Gasteiger partial charge in [0.05, 0.1) is 18.0 Å². The molecule has 2 aromatic heterocycles. The number of β-amino-alcohol motifs (C(OH)–C–C–N with tert-alkyl or cyclic N) is 1. The van der Waals surface area contributed by atoms with Crippen LogP contribution in [0, 0.1) is 12.7 Å². The van der Waals surface area contributed by atoms with Gasteiger partial charge in [0.2, 0.25) is 11.9 Å². The van der Waals surface area contributed by atoms with Crippen LogP contribution in [0.15, 0.2) is 66.1 Å². The lowest BCUT2D eigenvalue weighted by atomic mass is 10.2. The van der Waals surface area contributed by atoms with Crippen molar-refractivity contribution in [2.75, 3.05) is 54.9 Å². The predicted molar refractivity (Wildman–Crippen MR) is 152 cm³/mol. The molecule has 0 bridgehead atoms. The number of anilines is 4. The second-order valence-corrected chi connectivity index (χ2v) is 9.32. The summed E-state index contributed by atoms with van der Waals surface area (Å²) < 4.78 is 16.8. The fourth-order valence-electron chi connectivity index (χ4n) is 4.68. The summed E-state index contributed by atoms with van der Waals surface area (Å²) in [5.74, 6) is -0.342. The highest BCUT2D eigenvalue weighted by Crippen LogP contribution is 2.26. The van der Waals surface area contributed by atoms with Gasteiger partial charge in [-0.15, -0.1) is 0 Å². The van der Waals surface area contributed by atoms with Crippen LogP contribution < -0.4 is 21.1 Å². The molecule has 40 heavy (non-hydrogen) atoms. The number of nitrogens with zero attached hydrogens (tertiary/aromatic N) is 6. The minimum Gasteiger partial charge on any atom is -0.395 e. The summed E-state index contributed by atoms with van der Waals surface area (Å²) in [5.41, 5.74) is 1.89. The fourth-order valence-corrected chi connectivity index (χ4v) is 4.68. The van der Waals surface area contributed by atoms with Gasteiger partial charge >= 0.3 is 0 Å². The van der Waals surface area contributed by atoms with Gasteiger partial charge in [-0.2, -0.15) is 9.97 Å². The van der Waals surface area contributed by atoms with E-state index in [1.54, 1.807) is 41.8 Å². The predicted octanol–water partition coefficient (Wildman–Crippen LogP) is 2.61. The van der Waals surface area contributed by atoms with Crippen molar-refractivity contribution >= 4 is 40.0 Å². The van der Waals surface area contributed by atoms with Gasteiger partial charge < -0.3 is 20.6 Å². The molecule has 1 saturated heterocycles. The first-order valence-corrected chi connectivity index (χ1v) is 12.8. The minimum atomic E-state index is -0.485. The summed E-state index contributed by atoms with van der Waals surface area (Å²) >= 11 is 0. The van der Waals surface area contributed by atoms with Crippen molar-refractivity contribution in [1.82, 2.24) is 24.4 Å². The largest absolute Gasteiger partial charge is 0.395 e. The van der Waals surface area contributed by atoms with Crippen LogP contribution in [0.1, 0.15) is 5.82 Å². The quantitative estimate of drug-likeness (QED) is 0.287. The van der Waals surface area contributed by atoms with Crippen LogP contribution in [0.25, 0.3) is 16.7 Å². The number of piperazine rings is 1. The highest BCUT2D eigenvalue weighted by molar-refractivity contribution is 5.99. The number of fused-ring (bicyclic) bond motifs is 1. The topological polar surface area (TPSA) is 129 Å². The molecule has 0 atom stereocenters. The SMILES string of the molecule is C=CC(=O)Nc1cccc(-n2c(C)nc(=O)c3cnc(Nc4ccc(N5CCN(CCO)CC5)cc4F)nc32)c1. The van der Waals surface area contributed by atoms with Crippen LogP contribution in [0.3, 0.4) is 0 Å². The lowest BCUT2D eigenvalue weighted by molar-refractivity contribution is -0.111. The first-order valence-electron chi connectivity index (χ1n) is 12.8. The van der Waals surface area contributed by atoms with E-state index in [4.69, 9.17) is 5.11 Å². The molecule has 2 aromatic carbocycles. The number of amides is 1. The van der Waals surface area contributed by atoms with Gasteiger partial charge in [-0.1, -0.05) is 12.6 Å². The molecule has 0 unspecified atom stereocenters. The van der Waals surface area contributed by atoms with Crippen LogP contribution in [0.4, 0.5) is 27.4 Å². The third kappa shape index (κ3) is 5.67. The minimum absolute atomic E-state index is 0.103. The van der Waals surface area contributed by atoms with Gasteiger partial charge in [0.25, 0.3) is 5.56 Å². The number of aromatic nitrogens is 4. The number of aryl methyl sites for hydroxylation is 1. The van der Waals surface area contributed by atoms with Crippen LogP contribution in [-0.2, 0) is 4.79 Å². The van der Waals surface area contributed by atoms with Crippen LogP contribution >= 0.6 is 0 Å². The van der Waals surface area contributed by atoms with Gasteiger partial charge in [0.15, 0.2) is 5.65 Å². The number of aliphatic hydroxyl groups is 1. The first kappa shape index (κ1) is 26.9. The van der Waals surface area contributed by atoms with E-state index in [1.807, 2.05) is 6.07 Å². The zero-order valence-corrected chi connectivity index (χ0v) is 22.0. The third-order valence-corrected chi connectivity index (χ3v) is 6.71. The van der Waals surface area contributed by atoms with Crippen LogP contribution in [-0.4, -0.2) is 74.8 Å². The molecule has 3 N–H and O–H groups in total. The normalized spacial score (nSPS) is 13.8. The Kier molecular flexibility index (Phi) is 7.80.